The highest BCUT2D eigenvalue weighted by atomic mass is 79.9. The fraction of sp³-hybridized carbons (Fsp3) is 0.885. The van der Waals surface area contributed by atoms with Crippen molar-refractivity contribution < 1.29 is 29.5 Å². The van der Waals surface area contributed by atoms with Crippen molar-refractivity contribution in [1.29, 1.82) is 0 Å². The highest BCUT2D eigenvalue weighted by Crippen LogP contribution is 2.67. The van der Waals surface area contributed by atoms with E-state index in [1.54, 1.807) is 0 Å². The number of rotatable bonds is 7. The first kappa shape index (κ1) is 25.5. The molecule has 0 amide bonds. The van der Waals surface area contributed by atoms with Crippen molar-refractivity contribution in [3.63, 3.8) is 0 Å². The number of carbonyl (C=O) groups excluding carboxylic acids is 1. The predicted octanol–water partition coefficient (Wildman–Crippen LogP) is 4.91. The normalized spacial score (nSPS) is 46.6. The van der Waals surface area contributed by atoms with Crippen molar-refractivity contribution >= 4 is 21.9 Å². The predicted molar refractivity (Wildman–Crippen MR) is 128 cm³/mol. The summed E-state index contributed by atoms with van der Waals surface area (Å²) >= 11 is 3.76. The van der Waals surface area contributed by atoms with E-state index in [1.807, 2.05) is 0 Å². The first-order valence-electron chi connectivity index (χ1n) is 12.8. The second kappa shape index (κ2) is 9.79. The van der Waals surface area contributed by atoms with Gasteiger partial charge < -0.3 is 19.8 Å². The Balaban J connectivity index is 1.51. The zero-order chi connectivity index (χ0) is 24.0. The number of hydrogen-bond acceptors (Lipinski definition) is 6. The minimum Gasteiger partial charge on any atom is -0.461 e. The van der Waals surface area contributed by atoms with Crippen LogP contribution in [0.25, 0.3) is 0 Å². The summed E-state index contributed by atoms with van der Waals surface area (Å²) in [6.07, 6.45) is 7.25. The number of alkyl halides is 1. The van der Waals surface area contributed by atoms with Gasteiger partial charge in [-0.2, -0.15) is 4.89 Å². The van der Waals surface area contributed by atoms with Gasteiger partial charge in [0.2, 0.25) is 0 Å². The summed E-state index contributed by atoms with van der Waals surface area (Å²) in [5, 5.41) is 22.0. The van der Waals surface area contributed by atoms with Crippen molar-refractivity contribution in [3.8, 4) is 0 Å². The van der Waals surface area contributed by atoms with Gasteiger partial charge in [0.1, 0.15) is 18.0 Å². The zero-order valence-electron chi connectivity index (χ0n) is 20.3. The average molecular weight is 530 g/mol. The second-order valence-corrected chi connectivity index (χ2v) is 12.5. The summed E-state index contributed by atoms with van der Waals surface area (Å²) in [5.74, 6) is 1.39. The van der Waals surface area contributed by atoms with Gasteiger partial charge in [-0.05, 0) is 80.5 Å². The zero-order valence-corrected chi connectivity index (χ0v) is 21.9. The third kappa shape index (κ3) is 4.41. The molecule has 4 rings (SSSR count). The van der Waals surface area contributed by atoms with Crippen LogP contribution in [0.3, 0.4) is 0 Å². The molecule has 0 aromatic carbocycles. The molecule has 188 valence electrons. The summed E-state index contributed by atoms with van der Waals surface area (Å²) < 4.78 is 5.75. The van der Waals surface area contributed by atoms with Crippen LogP contribution in [0, 0.1) is 34.5 Å². The second-order valence-electron chi connectivity index (χ2n) is 11.4. The molecule has 2 N–H and O–H groups in total. The van der Waals surface area contributed by atoms with E-state index >= 15 is 0 Å². The lowest BCUT2D eigenvalue weighted by Gasteiger charge is -2.62. The topological polar surface area (TPSA) is 85.2 Å². The minimum atomic E-state index is -0.473. The molecule has 0 saturated heterocycles. The van der Waals surface area contributed by atoms with Crippen LogP contribution in [0.15, 0.2) is 12.3 Å². The first-order valence-corrected chi connectivity index (χ1v) is 13.7. The van der Waals surface area contributed by atoms with Crippen molar-refractivity contribution in [2.75, 3.05) is 6.61 Å². The first-order chi connectivity index (χ1) is 15.7. The molecule has 0 bridgehead atoms. The number of esters is 1. The number of fused-ring (bicyclic) bond motifs is 5. The molecule has 0 spiro atoms. The number of hydrogen-bond donors (Lipinski definition) is 2. The van der Waals surface area contributed by atoms with Crippen LogP contribution < -0.4 is 0 Å². The lowest BCUT2D eigenvalue weighted by Crippen LogP contribution is -2.60. The number of halogens is 1. The SMILES string of the molecule is C=C(CCC)OO[C@H]1CC[C@@]2(C)C(CC(O)C3C2CC[C@@]2(CO)C3C[C@@H](Br)[C@@H]2OC(C)=O)C1. The molecule has 0 aliphatic heterocycles. The van der Waals surface area contributed by atoms with E-state index in [4.69, 9.17) is 14.5 Å². The highest BCUT2D eigenvalue weighted by molar-refractivity contribution is 9.09. The number of aliphatic hydroxyl groups is 2. The maximum atomic E-state index is 11.8. The van der Waals surface area contributed by atoms with Gasteiger partial charge in [0.15, 0.2) is 0 Å². The van der Waals surface area contributed by atoms with E-state index < -0.39 is 11.5 Å². The molecule has 0 radical (unpaired) electrons. The number of allylic oxidation sites excluding steroid dienone is 1. The molecule has 0 aromatic rings. The minimum absolute atomic E-state index is 0.00698. The van der Waals surface area contributed by atoms with Crippen molar-refractivity contribution in [2.45, 2.75) is 102 Å². The van der Waals surface area contributed by atoms with Gasteiger partial charge in [-0.25, -0.2) is 0 Å². The van der Waals surface area contributed by atoms with Crippen LogP contribution in [-0.4, -0.2) is 45.9 Å². The van der Waals surface area contributed by atoms with Crippen LogP contribution in [-0.2, 0) is 19.3 Å². The molecule has 5 unspecified atom stereocenters. The summed E-state index contributed by atoms with van der Waals surface area (Å²) in [7, 11) is 0. The fourth-order valence-corrected chi connectivity index (χ4v) is 9.16. The lowest BCUT2D eigenvalue weighted by atomic mass is 9.44. The van der Waals surface area contributed by atoms with E-state index in [-0.39, 0.29) is 46.9 Å². The Bertz CT molecular complexity index is 744. The van der Waals surface area contributed by atoms with Gasteiger partial charge >= 0.3 is 5.97 Å². The van der Waals surface area contributed by atoms with Crippen molar-refractivity contribution in [3.05, 3.63) is 12.3 Å². The molecule has 4 aliphatic carbocycles. The molecule has 4 fully saturated rings. The molecule has 0 heterocycles. The van der Waals surface area contributed by atoms with Gasteiger partial charge in [0, 0.05) is 18.8 Å². The van der Waals surface area contributed by atoms with Gasteiger partial charge in [-0.3, -0.25) is 4.79 Å². The Morgan fingerprint density at radius 3 is 2.61 bits per heavy atom. The average Bonchev–Trinajstić information content (AvgIpc) is 3.04. The molecule has 0 aromatic heterocycles. The summed E-state index contributed by atoms with van der Waals surface area (Å²) in [4.78, 5) is 23.1. The Morgan fingerprint density at radius 1 is 1.18 bits per heavy atom. The summed E-state index contributed by atoms with van der Waals surface area (Å²) in [6, 6.07) is 0. The van der Waals surface area contributed by atoms with Crippen molar-refractivity contribution in [1.82, 2.24) is 0 Å². The molecular formula is C26H41BrO6. The maximum absolute atomic E-state index is 11.8. The Hall–Kier alpha value is -0.630. The molecule has 4 saturated carbocycles. The van der Waals surface area contributed by atoms with Crippen LogP contribution in [0.4, 0.5) is 0 Å². The number of carbonyl (C=O) groups is 1. The summed E-state index contributed by atoms with van der Waals surface area (Å²) in [6.45, 7) is 9.85. The number of aliphatic hydroxyl groups excluding tert-OH is 2. The third-order valence-corrected chi connectivity index (χ3v) is 10.5. The molecule has 33 heavy (non-hydrogen) atoms. The molecule has 10 atom stereocenters. The van der Waals surface area contributed by atoms with Gasteiger partial charge in [0.25, 0.3) is 0 Å². The van der Waals surface area contributed by atoms with Crippen molar-refractivity contribution in [2.24, 2.45) is 34.5 Å². The Morgan fingerprint density at radius 2 is 1.94 bits per heavy atom. The van der Waals surface area contributed by atoms with E-state index in [2.05, 4.69) is 36.4 Å². The van der Waals surface area contributed by atoms with Crippen LogP contribution in [0.5, 0.6) is 0 Å². The maximum Gasteiger partial charge on any atom is 0.302 e. The van der Waals surface area contributed by atoms with Gasteiger partial charge in [-0.15, -0.1) is 0 Å². The largest absolute Gasteiger partial charge is 0.461 e. The Labute approximate surface area is 206 Å². The smallest absolute Gasteiger partial charge is 0.302 e. The third-order valence-electron chi connectivity index (χ3n) is 9.68. The quantitative estimate of drug-likeness (QED) is 0.160. The Kier molecular flexibility index (Phi) is 7.55. The highest BCUT2D eigenvalue weighted by Gasteiger charge is 2.66. The van der Waals surface area contributed by atoms with E-state index in [0.29, 0.717) is 17.6 Å². The summed E-state index contributed by atoms with van der Waals surface area (Å²) in [5.41, 5.74) is -0.341. The van der Waals surface area contributed by atoms with Gasteiger partial charge in [0.05, 0.1) is 17.5 Å². The van der Waals surface area contributed by atoms with Gasteiger partial charge in [-0.1, -0.05) is 36.4 Å². The van der Waals surface area contributed by atoms with E-state index in [9.17, 15) is 15.0 Å². The van der Waals surface area contributed by atoms with Crippen LogP contribution in [0.1, 0.15) is 78.6 Å². The monoisotopic (exact) mass is 528 g/mol. The van der Waals surface area contributed by atoms with Crippen LogP contribution >= 0.6 is 15.9 Å². The molecule has 7 heteroatoms. The molecule has 6 nitrogen and oxygen atoms in total. The van der Waals surface area contributed by atoms with E-state index in [1.165, 1.54) is 6.92 Å². The van der Waals surface area contributed by atoms with Crippen LogP contribution in [0.2, 0.25) is 0 Å². The standard InChI is InChI=1S/C26H41BrO6/c1-5-6-15(2)32-33-18-7-9-25(4)17(11-18)12-22(30)23-19(25)8-10-26(14-28)20(23)13-21(27)24(26)31-16(3)29/h17-24,28,30H,2,5-14H2,1,3-4H3/t17?,18-,19?,20?,21+,22?,23?,24-,25-,26+/m0/s1. The lowest BCUT2D eigenvalue weighted by molar-refractivity contribution is -0.313. The molecule has 4 aliphatic rings. The fourth-order valence-electron chi connectivity index (χ4n) is 8.13. The molecular weight excluding hydrogens is 488 g/mol. The number of ether oxygens (including phenoxy) is 1. The van der Waals surface area contributed by atoms with E-state index in [0.717, 1.165) is 57.8 Å².